The average molecular weight is 729 g/mol. The number of thiol groups is 4. The van der Waals surface area contributed by atoms with Crippen LogP contribution in [0.5, 0.6) is 0 Å². The third kappa shape index (κ3) is 308. The van der Waals surface area contributed by atoms with Crippen molar-refractivity contribution >= 4 is 104 Å². The molecular weight excluding hydrogens is 693 g/mol. The van der Waals surface area contributed by atoms with Gasteiger partial charge in [-0.1, -0.05) is 32.9 Å². The van der Waals surface area contributed by atoms with Crippen LogP contribution in [0.2, 0.25) is 0 Å². The summed E-state index contributed by atoms with van der Waals surface area (Å²) >= 11 is 13.7. The molecule has 0 aliphatic rings. The van der Waals surface area contributed by atoms with E-state index in [0.29, 0.717) is 0 Å². The lowest BCUT2D eigenvalue weighted by molar-refractivity contribution is -0.134. The van der Waals surface area contributed by atoms with Crippen LogP contribution in [0.3, 0.4) is 0 Å². The maximum Gasteiger partial charge on any atom is 0.327 e. The van der Waals surface area contributed by atoms with Gasteiger partial charge in [-0.2, -0.15) is 50.5 Å². The van der Waals surface area contributed by atoms with E-state index in [9.17, 15) is 43.2 Å². The van der Waals surface area contributed by atoms with Crippen molar-refractivity contribution in [2.24, 2.45) is 0 Å². The van der Waals surface area contributed by atoms with Crippen LogP contribution in [0, 0.1) is 0 Å². The third-order valence-electron chi connectivity index (χ3n) is 1.41. The number of aliphatic carboxylic acids is 9. The van der Waals surface area contributed by atoms with Crippen LogP contribution in [0.1, 0.15) is 0 Å². The van der Waals surface area contributed by atoms with E-state index < -0.39 is 53.7 Å². The van der Waals surface area contributed by atoms with Gasteiger partial charge in [0.2, 0.25) is 0 Å². The normalized spacial score (nSPS) is 6.84. The number of hydrogen-bond donors (Lipinski definition) is 13. The van der Waals surface area contributed by atoms with Crippen molar-refractivity contribution in [2.45, 2.75) is 0 Å². The monoisotopic (exact) mass is 728 g/mol. The van der Waals surface area contributed by atoms with Gasteiger partial charge in [-0.05, 0) is 0 Å². The van der Waals surface area contributed by atoms with Crippen molar-refractivity contribution in [1.29, 1.82) is 0 Å². The second kappa shape index (κ2) is 58.9. The molecule has 0 aromatic carbocycles. The number of carboxylic acid groups (broad SMARTS) is 9. The molecule has 0 rings (SSSR count). The molecule has 260 valence electrons. The van der Waals surface area contributed by atoms with E-state index in [1.165, 1.54) is 0 Å². The first-order valence-corrected chi connectivity index (χ1v) is 12.5. The van der Waals surface area contributed by atoms with E-state index in [0.717, 1.165) is 30.4 Å². The van der Waals surface area contributed by atoms with Crippen LogP contribution >= 0.6 is 50.5 Å². The Kier molecular flexibility index (Phi) is 83.1. The Bertz CT molecular complexity index is 757. The van der Waals surface area contributed by atoms with Gasteiger partial charge < -0.3 is 46.0 Å². The molecule has 0 heterocycles. The lowest BCUT2D eigenvalue weighted by atomic mass is 10.7. The Morgan fingerprint density at radius 2 is 0.378 bits per heavy atom. The second-order valence-electron chi connectivity index (χ2n) is 4.92. The first kappa shape index (κ1) is 63.6. The summed E-state index contributed by atoms with van der Waals surface area (Å²) in [5.41, 5.74) is 0. The highest BCUT2D eigenvalue weighted by atomic mass is 32.1. The van der Waals surface area contributed by atoms with Crippen molar-refractivity contribution in [2.75, 3.05) is 23.0 Å². The van der Waals surface area contributed by atoms with Crippen molar-refractivity contribution < 1.29 is 89.1 Å². The molecule has 0 radical (unpaired) electrons. The molecule has 18 nitrogen and oxygen atoms in total. The molecule has 0 aromatic rings. The van der Waals surface area contributed by atoms with Gasteiger partial charge >= 0.3 is 53.7 Å². The Hall–Kier alpha value is -4.67. The number of hydrogen-bond acceptors (Lipinski definition) is 13. The van der Waals surface area contributed by atoms with Crippen LogP contribution in [0.15, 0.2) is 63.3 Å². The average Bonchev–Trinajstić information content (AvgIpc) is 2.99. The van der Waals surface area contributed by atoms with Gasteiger partial charge in [0.1, 0.15) is 0 Å². The lowest BCUT2D eigenvalue weighted by Gasteiger charge is -1.71. The molecule has 0 spiro atoms. The van der Waals surface area contributed by atoms with Crippen LogP contribution in [-0.4, -0.2) is 123 Å². The molecule has 0 atom stereocenters. The van der Waals surface area contributed by atoms with Crippen molar-refractivity contribution in [3.8, 4) is 0 Å². The zero-order valence-corrected chi connectivity index (χ0v) is 26.8. The molecule has 0 aliphatic carbocycles. The zero-order valence-electron chi connectivity index (χ0n) is 23.2. The van der Waals surface area contributed by atoms with Gasteiger partial charge in [-0.15, -0.1) is 0 Å². The minimum absolute atomic E-state index is 0.0833. The minimum atomic E-state index is -0.981. The summed E-state index contributed by atoms with van der Waals surface area (Å²) in [6.07, 6.45) is 4.17. The molecule has 0 aliphatic heterocycles. The van der Waals surface area contributed by atoms with E-state index in [1.807, 2.05) is 0 Å². The summed E-state index contributed by atoms with van der Waals surface area (Å²) in [6.45, 7) is 14.8. The minimum Gasteiger partial charge on any atom is -0.481 e. The molecular formula is C23H36O18S4. The highest BCUT2D eigenvalue weighted by Gasteiger charge is 1.83. The van der Waals surface area contributed by atoms with Crippen molar-refractivity contribution in [3.63, 3.8) is 0 Å². The van der Waals surface area contributed by atoms with Gasteiger partial charge in [-0.25, -0.2) is 24.0 Å². The summed E-state index contributed by atoms with van der Waals surface area (Å²) in [6, 6.07) is 0. The molecule has 9 N–H and O–H groups in total. The number of carboxylic acids is 9. The maximum atomic E-state index is 9.29. The van der Waals surface area contributed by atoms with Gasteiger partial charge in [0.15, 0.2) is 0 Å². The molecule has 0 bridgehead atoms. The van der Waals surface area contributed by atoms with Crippen LogP contribution < -0.4 is 0 Å². The molecule has 0 fully saturated rings. The molecule has 0 saturated heterocycles. The first-order valence-electron chi connectivity index (χ1n) is 10.0. The third-order valence-corrected chi connectivity index (χ3v) is 2.50. The van der Waals surface area contributed by atoms with Gasteiger partial charge in [0.25, 0.3) is 0 Å². The Morgan fingerprint density at radius 1 is 0.333 bits per heavy atom. The Morgan fingerprint density at radius 3 is 0.378 bits per heavy atom. The van der Waals surface area contributed by atoms with Gasteiger partial charge in [0.05, 0.1) is 23.0 Å². The summed E-state index contributed by atoms with van der Waals surface area (Å²) in [5, 5.41) is 68.6. The molecule has 0 aromatic heterocycles. The Balaban J connectivity index is -0.0000000463. The van der Waals surface area contributed by atoms with E-state index in [-0.39, 0.29) is 23.0 Å². The predicted molar refractivity (Wildman–Crippen MR) is 175 cm³/mol. The van der Waals surface area contributed by atoms with E-state index >= 15 is 0 Å². The standard InChI is InChI=1S/5C3H4O2.4C2H4O2S/c5*1-2-3(4)5;4*3-2(4)1-5/h5*2H,1H2,(H,4,5);4*5H,1H2,(H,3,4). The zero-order chi connectivity index (χ0) is 38.6. The Labute approximate surface area is 279 Å². The van der Waals surface area contributed by atoms with Crippen molar-refractivity contribution in [1.82, 2.24) is 0 Å². The second-order valence-corrected chi connectivity index (χ2v) is 6.18. The highest BCUT2D eigenvalue weighted by molar-refractivity contribution is 7.81. The van der Waals surface area contributed by atoms with Crippen LogP contribution in [0.25, 0.3) is 0 Å². The summed E-state index contributed by atoms with van der Waals surface area (Å²) in [7, 11) is 0. The molecule has 0 unspecified atom stereocenters. The van der Waals surface area contributed by atoms with E-state index in [1.54, 1.807) is 0 Å². The fraction of sp³-hybridized carbons (Fsp3) is 0.174. The maximum absolute atomic E-state index is 9.29. The van der Waals surface area contributed by atoms with Gasteiger partial charge in [0, 0.05) is 30.4 Å². The quantitative estimate of drug-likeness (QED) is 0.117. The highest BCUT2D eigenvalue weighted by Crippen LogP contribution is 1.68. The smallest absolute Gasteiger partial charge is 0.327 e. The predicted octanol–water partition coefficient (Wildman–Crippen LogP) is 1.29. The van der Waals surface area contributed by atoms with Gasteiger partial charge in [-0.3, -0.25) is 19.2 Å². The largest absolute Gasteiger partial charge is 0.481 e. The summed E-state index contributed by atoms with van der Waals surface area (Å²) in [5.74, 6) is -8.77. The molecule has 0 amide bonds. The molecule has 0 saturated carbocycles. The number of rotatable bonds is 9. The van der Waals surface area contributed by atoms with E-state index in [4.69, 9.17) is 46.0 Å². The SMILES string of the molecule is C=CC(=O)O.C=CC(=O)O.C=CC(=O)O.C=CC(=O)O.C=CC(=O)O.O=C(O)CS.O=C(O)CS.O=C(O)CS.O=C(O)CS. The fourth-order valence-electron chi connectivity index (χ4n) is 0. The first-order chi connectivity index (χ1) is 20.4. The molecule has 45 heavy (non-hydrogen) atoms. The number of carbonyl (C=O) groups is 9. The summed E-state index contributed by atoms with van der Waals surface area (Å²) < 4.78 is 0. The molecule has 22 heteroatoms. The topological polar surface area (TPSA) is 336 Å². The van der Waals surface area contributed by atoms with Crippen molar-refractivity contribution in [3.05, 3.63) is 63.3 Å². The van der Waals surface area contributed by atoms with Crippen LogP contribution in [-0.2, 0) is 43.2 Å². The summed E-state index contributed by atoms with van der Waals surface area (Å²) in [4.78, 5) is 83.4. The lowest BCUT2D eigenvalue weighted by Crippen LogP contribution is -1.92. The van der Waals surface area contributed by atoms with Crippen LogP contribution in [0.4, 0.5) is 0 Å². The van der Waals surface area contributed by atoms with E-state index in [2.05, 4.69) is 83.4 Å². The fourth-order valence-corrected chi connectivity index (χ4v) is 0.